The average Bonchev–Trinajstić information content (AvgIpc) is 3.04. The Labute approximate surface area is 163 Å². The van der Waals surface area contributed by atoms with Crippen LogP contribution in [0.3, 0.4) is 0 Å². The molecule has 0 aliphatic rings. The first-order valence-corrected chi connectivity index (χ1v) is 9.21. The fourth-order valence-electron chi connectivity index (χ4n) is 2.91. The van der Waals surface area contributed by atoms with Crippen LogP contribution >= 0.6 is 22.9 Å². The summed E-state index contributed by atoms with van der Waals surface area (Å²) >= 11 is 7.46. The number of halogens is 1. The van der Waals surface area contributed by atoms with Gasteiger partial charge in [-0.3, -0.25) is 0 Å². The molecule has 0 amide bonds. The van der Waals surface area contributed by atoms with Crippen LogP contribution < -0.4 is 4.74 Å². The predicted molar refractivity (Wildman–Crippen MR) is 106 cm³/mol. The van der Waals surface area contributed by atoms with Gasteiger partial charge in [-0.1, -0.05) is 23.7 Å². The smallest absolute Gasteiger partial charge is 0.376 e. The van der Waals surface area contributed by atoms with E-state index in [4.69, 9.17) is 21.1 Å². The fourth-order valence-corrected chi connectivity index (χ4v) is 4.19. The van der Waals surface area contributed by atoms with Gasteiger partial charge in [0.2, 0.25) is 11.7 Å². The third-order valence-corrected chi connectivity index (χ3v) is 5.41. The van der Waals surface area contributed by atoms with Crippen LogP contribution in [-0.4, -0.2) is 35.1 Å². The lowest BCUT2D eigenvalue weighted by Crippen LogP contribution is -2.08. The maximum Gasteiger partial charge on any atom is 0.376 e. The first-order valence-electron chi connectivity index (χ1n) is 8.02. The van der Waals surface area contributed by atoms with Crippen LogP contribution in [0.5, 0.6) is 5.88 Å². The molecule has 0 bridgehead atoms. The van der Waals surface area contributed by atoms with E-state index in [9.17, 15) is 4.79 Å². The van der Waals surface area contributed by atoms with Crippen molar-refractivity contribution in [2.24, 2.45) is 0 Å². The van der Waals surface area contributed by atoms with Crippen molar-refractivity contribution in [1.82, 2.24) is 15.0 Å². The van der Waals surface area contributed by atoms with Crippen molar-refractivity contribution in [1.29, 1.82) is 0 Å². The van der Waals surface area contributed by atoms with Crippen molar-refractivity contribution < 1.29 is 14.3 Å². The Morgan fingerprint density at radius 3 is 2.52 bits per heavy atom. The molecule has 3 heterocycles. The Bertz CT molecular complexity index is 1190. The van der Waals surface area contributed by atoms with E-state index in [-0.39, 0.29) is 5.82 Å². The lowest BCUT2D eigenvalue weighted by atomic mass is 10.0. The van der Waals surface area contributed by atoms with E-state index >= 15 is 0 Å². The number of ether oxygens (including phenoxy) is 2. The first-order chi connectivity index (χ1) is 13.0. The van der Waals surface area contributed by atoms with Crippen molar-refractivity contribution in [2.75, 3.05) is 14.2 Å². The summed E-state index contributed by atoms with van der Waals surface area (Å²) in [6, 6.07) is 9.55. The zero-order valence-electron chi connectivity index (χ0n) is 14.7. The second-order valence-electron chi connectivity index (χ2n) is 5.83. The summed E-state index contributed by atoms with van der Waals surface area (Å²) < 4.78 is 10.9. The second kappa shape index (κ2) is 6.75. The van der Waals surface area contributed by atoms with Gasteiger partial charge in [-0.05, 0) is 36.2 Å². The van der Waals surface area contributed by atoms with Crippen LogP contribution in [0.15, 0.2) is 30.3 Å². The van der Waals surface area contributed by atoms with E-state index in [1.54, 1.807) is 0 Å². The van der Waals surface area contributed by atoms with Crippen LogP contribution in [0, 0.1) is 6.92 Å². The highest BCUT2D eigenvalue weighted by Gasteiger charge is 2.21. The van der Waals surface area contributed by atoms with E-state index in [2.05, 4.69) is 15.0 Å². The Balaban J connectivity index is 2.12. The molecule has 0 saturated carbocycles. The average molecular weight is 400 g/mol. The standard InChI is InChI=1S/C19H14ClN3O3S/c1-9-8-12(10-4-6-11(20)7-5-10)13-14-15(27-18(13)21-9)17(25-2)23-16(22-14)19(24)26-3/h4-8H,1-3H3. The minimum atomic E-state index is -0.623. The van der Waals surface area contributed by atoms with Gasteiger partial charge in [0.1, 0.15) is 9.53 Å². The van der Waals surface area contributed by atoms with E-state index in [0.29, 0.717) is 16.4 Å². The van der Waals surface area contributed by atoms with Gasteiger partial charge in [-0.2, -0.15) is 4.98 Å². The molecule has 8 heteroatoms. The molecule has 0 atom stereocenters. The minimum absolute atomic E-state index is 0.0517. The molecule has 6 nitrogen and oxygen atoms in total. The molecule has 0 aliphatic carbocycles. The maximum atomic E-state index is 12.0. The number of nitrogens with zero attached hydrogens (tertiary/aromatic N) is 3. The molecule has 0 spiro atoms. The van der Waals surface area contributed by atoms with Crippen LogP contribution in [0.4, 0.5) is 0 Å². The van der Waals surface area contributed by atoms with E-state index in [1.165, 1.54) is 25.6 Å². The summed E-state index contributed by atoms with van der Waals surface area (Å²) in [7, 11) is 2.80. The van der Waals surface area contributed by atoms with Crippen molar-refractivity contribution >= 4 is 49.3 Å². The zero-order valence-corrected chi connectivity index (χ0v) is 16.3. The Hall–Kier alpha value is -2.77. The van der Waals surface area contributed by atoms with Gasteiger partial charge in [0.25, 0.3) is 0 Å². The third-order valence-electron chi connectivity index (χ3n) is 4.10. The van der Waals surface area contributed by atoms with Crippen molar-refractivity contribution in [3.8, 4) is 17.0 Å². The predicted octanol–water partition coefficient (Wildman–Crippen LogP) is 4.66. The lowest BCUT2D eigenvalue weighted by Gasteiger charge is -2.07. The van der Waals surface area contributed by atoms with E-state index in [0.717, 1.165) is 31.7 Å². The van der Waals surface area contributed by atoms with Crippen LogP contribution in [-0.2, 0) is 4.74 Å². The molecule has 0 radical (unpaired) electrons. The minimum Gasteiger partial charge on any atom is -0.480 e. The molecular weight excluding hydrogens is 386 g/mol. The third kappa shape index (κ3) is 2.98. The summed E-state index contributed by atoms with van der Waals surface area (Å²) in [5.74, 6) is -0.352. The topological polar surface area (TPSA) is 74.2 Å². The molecule has 1 aromatic carbocycles. The summed E-state index contributed by atoms with van der Waals surface area (Å²) in [4.78, 5) is 26.1. The number of aromatic nitrogens is 3. The summed E-state index contributed by atoms with van der Waals surface area (Å²) in [5.41, 5.74) is 3.42. The molecule has 136 valence electrons. The maximum absolute atomic E-state index is 12.0. The molecule has 0 unspecified atom stereocenters. The molecule has 4 aromatic rings. The van der Waals surface area contributed by atoms with Crippen LogP contribution in [0.25, 0.3) is 31.6 Å². The van der Waals surface area contributed by atoms with Gasteiger partial charge in [0.05, 0.1) is 19.7 Å². The van der Waals surface area contributed by atoms with Crippen LogP contribution in [0.2, 0.25) is 5.02 Å². The Morgan fingerprint density at radius 1 is 1.11 bits per heavy atom. The Kier molecular flexibility index (Phi) is 4.41. The summed E-state index contributed by atoms with van der Waals surface area (Å²) in [5, 5.41) is 1.50. The highest BCUT2D eigenvalue weighted by molar-refractivity contribution is 7.25. The number of rotatable bonds is 3. The fraction of sp³-hybridized carbons (Fsp3) is 0.158. The zero-order chi connectivity index (χ0) is 19.1. The Morgan fingerprint density at radius 2 is 1.85 bits per heavy atom. The number of carbonyl (C=O) groups is 1. The van der Waals surface area contributed by atoms with E-state index < -0.39 is 5.97 Å². The molecule has 27 heavy (non-hydrogen) atoms. The highest BCUT2D eigenvalue weighted by atomic mass is 35.5. The molecular formula is C19H14ClN3O3S. The van der Waals surface area contributed by atoms with Crippen molar-refractivity contribution in [3.05, 3.63) is 46.9 Å². The second-order valence-corrected chi connectivity index (χ2v) is 7.26. The largest absolute Gasteiger partial charge is 0.480 e. The number of pyridine rings is 1. The van der Waals surface area contributed by atoms with Gasteiger partial charge in [0, 0.05) is 16.1 Å². The van der Waals surface area contributed by atoms with Gasteiger partial charge in [-0.15, -0.1) is 11.3 Å². The van der Waals surface area contributed by atoms with Crippen molar-refractivity contribution in [2.45, 2.75) is 6.92 Å². The van der Waals surface area contributed by atoms with Crippen molar-refractivity contribution in [3.63, 3.8) is 0 Å². The van der Waals surface area contributed by atoms with E-state index in [1.807, 2.05) is 37.3 Å². The molecule has 4 rings (SSSR count). The summed E-state index contributed by atoms with van der Waals surface area (Å²) in [6.07, 6.45) is 0. The monoisotopic (exact) mass is 399 g/mol. The number of hydrogen-bond donors (Lipinski definition) is 0. The summed E-state index contributed by atoms with van der Waals surface area (Å²) in [6.45, 7) is 1.94. The quantitative estimate of drug-likeness (QED) is 0.466. The lowest BCUT2D eigenvalue weighted by molar-refractivity contribution is 0.0586. The molecule has 0 N–H and O–H groups in total. The number of methoxy groups -OCH3 is 2. The number of hydrogen-bond acceptors (Lipinski definition) is 7. The van der Waals surface area contributed by atoms with Gasteiger partial charge >= 0.3 is 5.97 Å². The molecule has 3 aromatic heterocycles. The number of carbonyl (C=O) groups excluding carboxylic acids is 1. The number of esters is 1. The number of aryl methyl sites for hydroxylation is 1. The molecule has 0 aliphatic heterocycles. The molecule has 0 fully saturated rings. The first kappa shape index (κ1) is 17.6. The van der Waals surface area contributed by atoms with Gasteiger partial charge in [-0.25, -0.2) is 14.8 Å². The number of thiophene rings is 1. The SMILES string of the molecule is COC(=O)c1nc(OC)c2sc3nc(C)cc(-c4ccc(Cl)cc4)c3c2n1. The van der Waals surface area contributed by atoms with Gasteiger partial charge < -0.3 is 9.47 Å². The molecule has 0 saturated heterocycles. The van der Waals surface area contributed by atoms with Gasteiger partial charge in [0.15, 0.2) is 0 Å². The van der Waals surface area contributed by atoms with Crippen LogP contribution in [0.1, 0.15) is 16.3 Å². The number of benzene rings is 1. The highest BCUT2D eigenvalue weighted by Crippen LogP contribution is 2.41. The number of fused-ring (bicyclic) bond motifs is 3. The normalized spacial score (nSPS) is 11.1.